The first-order valence-electron chi connectivity index (χ1n) is 8.15. The lowest BCUT2D eigenvalue weighted by molar-refractivity contribution is -0.135. The molecule has 0 aromatic heterocycles. The van der Waals surface area contributed by atoms with Crippen molar-refractivity contribution in [1.82, 2.24) is 0 Å². The van der Waals surface area contributed by atoms with Crippen molar-refractivity contribution < 1.29 is 9.90 Å². The van der Waals surface area contributed by atoms with E-state index in [-0.39, 0.29) is 6.54 Å². The van der Waals surface area contributed by atoms with Gasteiger partial charge >= 0.3 is 5.97 Å². The third-order valence-corrected chi connectivity index (χ3v) is 4.75. The lowest BCUT2D eigenvalue weighted by Crippen LogP contribution is -2.39. The van der Waals surface area contributed by atoms with Crippen LogP contribution in [0.15, 0.2) is 24.3 Å². The van der Waals surface area contributed by atoms with Gasteiger partial charge in [-0.25, -0.2) is 0 Å². The number of rotatable bonds is 5. The average Bonchev–Trinajstić information content (AvgIpc) is 2.71. The molecular formula is C18H27NO2. The van der Waals surface area contributed by atoms with E-state index in [0.717, 1.165) is 24.4 Å². The van der Waals surface area contributed by atoms with Crippen molar-refractivity contribution in [2.45, 2.75) is 58.4 Å². The summed E-state index contributed by atoms with van der Waals surface area (Å²) in [7, 11) is 0. The van der Waals surface area contributed by atoms with Gasteiger partial charge in [0.25, 0.3) is 0 Å². The molecule has 1 fully saturated rings. The van der Waals surface area contributed by atoms with Gasteiger partial charge in [-0.05, 0) is 44.2 Å². The molecule has 1 saturated carbocycles. The van der Waals surface area contributed by atoms with Gasteiger partial charge in [0.2, 0.25) is 0 Å². The fourth-order valence-corrected chi connectivity index (χ4v) is 3.39. The Kier molecular flexibility index (Phi) is 5.66. The Hall–Kier alpha value is -1.51. The summed E-state index contributed by atoms with van der Waals surface area (Å²) in [4.78, 5) is 13.4. The topological polar surface area (TPSA) is 40.5 Å². The van der Waals surface area contributed by atoms with Crippen molar-refractivity contribution in [2.24, 2.45) is 5.92 Å². The predicted octanol–water partition coefficient (Wildman–Crippen LogP) is 4.24. The molecule has 0 radical (unpaired) electrons. The van der Waals surface area contributed by atoms with Gasteiger partial charge < -0.3 is 10.0 Å². The summed E-state index contributed by atoms with van der Waals surface area (Å²) in [6.45, 7) is 4.42. The zero-order valence-electron chi connectivity index (χ0n) is 13.2. The Morgan fingerprint density at radius 2 is 1.90 bits per heavy atom. The minimum atomic E-state index is -0.744. The van der Waals surface area contributed by atoms with Crippen molar-refractivity contribution in [2.75, 3.05) is 11.4 Å². The first kappa shape index (κ1) is 15.9. The first-order chi connectivity index (χ1) is 10.1. The molecule has 0 saturated heterocycles. The molecule has 0 heterocycles. The molecule has 2 atom stereocenters. The largest absolute Gasteiger partial charge is 0.480 e. The Labute approximate surface area is 128 Å². The third kappa shape index (κ3) is 4.48. The normalized spacial score (nSPS) is 22.6. The molecule has 1 aliphatic carbocycles. The molecule has 3 heteroatoms. The smallest absolute Gasteiger partial charge is 0.323 e. The fourth-order valence-electron chi connectivity index (χ4n) is 3.39. The molecule has 0 amide bonds. The summed E-state index contributed by atoms with van der Waals surface area (Å²) in [5, 5.41) is 9.26. The van der Waals surface area contributed by atoms with E-state index in [1.807, 2.05) is 0 Å². The van der Waals surface area contributed by atoms with E-state index >= 15 is 0 Å². The maximum Gasteiger partial charge on any atom is 0.323 e. The van der Waals surface area contributed by atoms with Gasteiger partial charge in [-0.15, -0.1) is 0 Å². The van der Waals surface area contributed by atoms with E-state index in [4.69, 9.17) is 0 Å². The van der Waals surface area contributed by atoms with Crippen LogP contribution in [0.1, 0.15) is 51.0 Å². The average molecular weight is 289 g/mol. The second-order valence-corrected chi connectivity index (χ2v) is 6.29. The maximum absolute atomic E-state index is 11.3. The van der Waals surface area contributed by atoms with Crippen molar-refractivity contribution in [1.29, 1.82) is 0 Å². The number of benzene rings is 1. The summed E-state index contributed by atoms with van der Waals surface area (Å²) in [5.41, 5.74) is 2.25. The van der Waals surface area contributed by atoms with Gasteiger partial charge in [0, 0.05) is 11.7 Å². The van der Waals surface area contributed by atoms with Gasteiger partial charge in [0.15, 0.2) is 0 Å². The van der Waals surface area contributed by atoms with Crippen LogP contribution in [0.4, 0.5) is 5.69 Å². The summed E-state index contributed by atoms with van der Waals surface area (Å²) in [6.07, 6.45) is 7.20. The third-order valence-electron chi connectivity index (χ3n) is 4.75. The lowest BCUT2D eigenvalue weighted by Gasteiger charge is -2.32. The summed E-state index contributed by atoms with van der Waals surface area (Å²) in [5.74, 6) is 0.0755. The number of carboxylic acid groups (broad SMARTS) is 1. The minimum absolute atomic E-state index is 0.102. The van der Waals surface area contributed by atoms with E-state index in [1.165, 1.54) is 31.2 Å². The summed E-state index contributed by atoms with van der Waals surface area (Å²) in [6, 6.07) is 8.60. The molecule has 1 aliphatic rings. The van der Waals surface area contributed by atoms with E-state index in [0.29, 0.717) is 6.04 Å². The zero-order valence-corrected chi connectivity index (χ0v) is 13.2. The standard InChI is InChI=1S/C18H27NO2/c1-3-15-5-4-6-16(12-9-15)19(13-18(20)21)17-10-7-14(2)8-11-17/h7-8,10-11,15-16H,3-6,9,12-13H2,1-2H3,(H,20,21). The number of carbonyl (C=O) groups is 1. The number of anilines is 1. The summed E-state index contributed by atoms with van der Waals surface area (Å²) < 4.78 is 0. The molecule has 1 aromatic carbocycles. The van der Waals surface area contributed by atoms with Crippen LogP contribution in [-0.4, -0.2) is 23.7 Å². The van der Waals surface area contributed by atoms with Crippen molar-refractivity contribution >= 4 is 11.7 Å². The van der Waals surface area contributed by atoms with Crippen LogP contribution in [0.5, 0.6) is 0 Å². The van der Waals surface area contributed by atoms with Gasteiger partial charge in [0.1, 0.15) is 6.54 Å². The molecule has 0 aliphatic heterocycles. The fraction of sp³-hybridized carbons (Fsp3) is 0.611. The molecule has 116 valence electrons. The lowest BCUT2D eigenvalue weighted by atomic mass is 9.97. The first-order valence-corrected chi connectivity index (χ1v) is 8.15. The number of aliphatic carboxylic acids is 1. The zero-order chi connectivity index (χ0) is 15.2. The number of hydrogen-bond acceptors (Lipinski definition) is 2. The minimum Gasteiger partial charge on any atom is -0.480 e. The Morgan fingerprint density at radius 1 is 1.19 bits per heavy atom. The van der Waals surface area contributed by atoms with E-state index in [2.05, 4.69) is 43.0 Å². The van der Waals surface area contributed by atoms with Crippen LogP contribution >= 0.6 is 0 Å². The monoisotopic (exact) mass is 289 g/mol. The molecule has 1 N–H and O–H groups in total. The Balaban J connectivity index is 2.15. The summed E-state index contributed by atoms with van der Waals surface area (Å²) >= 11 is 0. The van der Waals surface area contributed by atoms with Gasteiger partial charge in [-0.1, -0.05) is 43.9 Å². The quantitative estimate of drug-likeness (QED) is 0.824. The van der Waals surface area contributed by atoms with Crippen LogP contribution in [0, 0.1) is 12.8 Å². The molecule has 0 bridgehead atoms. The maximum atomic E-state index is 11.3. The number of carboxylic acids is 1. The Morgan fingerprint density at radius 3 is 2.52 bits per heavy atom. The van der Waals surface area contributed by atoms with E-state index in [1.54, 1.807) is 0 Å². The second kappa shape index (κ2) is 7.48. The van der Waals surface area contributed by atoms with E-state index < -0.39 is 5.97 Å². The molecule has 3 nitrogen and oxygen atoms in total. The van der Waals surface area contributed by atoms with Gasteiger partial charge in [0.05, 0.1) is 0 Å². The van der Waals surface area contributed by atoms with Crippen molar-refractivity contribution in [3.63, 3.8) is 0 Å². The molecule has 0 spiro atoms. The highest BCUT2D eigenvalue weighted by Crippen LogP contribution is 2.30. The van der Waals surface area contributed by atoms with Crippen LogP contribution in [-0.2, 0) is 4.79 Å². The molecule has 2 unspecified atom stereocenters. The highest BCUT2D eigenvalue weighted by molar-refractivity contribution is 5.74. The highest BCUT2D eigenvalue weighted by Gasteiger charge is 2.24. The van der Waals surface area contributed by atoms with Crippen molar-refractivity contribution in [3.05, 3.63) is 29.8 Å². The number of nitrogens with zero attached hydrogens (tertiary/aromatic N) is 1. The van der Waals surface area contributed by atoms with Crippen LogP contribution in [0.3, 0.4) is 0 Å². The van der Waals surface area contributed by atoms with Gasteiger partial charge in [-0.2, -0.15) is 0 Å². The van der Waals surface area contributed by atoms with Crippen LogP contribution in [0.2, 0.25) is 0 Å². The van der Waals surface area contributed by atoms with Crippen LogP contribution < -0.4 is 4.90 Å². The molecular weight excluding hydrogens is 262 g/mol. The SMILES string of the molecule is CCC1CCCC(N(CC(=O)O)c2ccc(C)cc2)CC1. The number of aryl methyl sites for hydroxylation is 1. The molecule has 1 aromatic rings. The second-order valence-electron chi connectivity index (χ2n) is 6.29. The van der Waals surface area contributed by atoms with E-state index in [9.17, 15) is 9.90 Å². The van der Waals surface area contributed by atoms with Crippen LogP contribution in [0.25, 0.3) is 0 Å². The Bertz CT molecular complexity index is 455. The molecule has 2 rings (SSSR count). The number of hydrogen-bond donors (Lipinski definition) is 1. The van der Waals surface area contributed by atoms with Gasteiger partial charge in [-0.3, -0.25) is 4.79 Å². The molecule has 21 heavy (non-hydrogen) atoms. The van der Waals surface area contributed by atoms with Crippen molar-refractivity contribution in [3.8, 4) is 0 Å². The predicted molar refractivity (Wildman–Crippen MR) is 86.8 cm³/mol. The highest BCUT2D eigenvalue weighted by atomic mass is 16.4.